The van der Waals surface area contributed by atoms with Crippen molar-refractivity contribution in [3.05, 3.63) is 59.8 Å². The summed E-state index contributed by atoms with van der Waals surface area (Å²) < 4.78 is 5.42. The van der Waals surface area contributed by atoms with Crippen LogP contribution in [0.4, 0.5) is 11.4 Å². The number of H-pyrrole nitrogens is 1. The lowest BCUT2D eigenvalue weighted by molar-refractivity contribution is -0.125. The highest BCUT2D eigenvalue weighted by atomic mass is 16.5. The van der Waals surface area contributed by atoms with Crippen LogP contribution in [0.2, 0.25) is 0 Å². The van der Waals surface area contributed by atoms with Gasteiger partial charge in [0.1, 0.15) is 6.04 Å². The molecule has 1 saturated heterocycles. The van der Waals surface area contributed by atoms with Gasteiger partial charge in [0.15, 0.2) is 0 Å². The van der Waals surface area contributed by atoms with E-state index in [0.29, 0.717) is 6.42 Å². The number of nitrogens with zero attached hydrogens (tertiary/aromatic N) is 1. The van der Waals surface area contributed by atoms with E-state index < -0.39 is 6.04 Å². The second kappa shape index (κ2) is 9.22. The molecule has 4 rings (SSSR count). The first-order valence-electron chi connectivity index (χ1n) is 10.6. The largest absolute Gasteiger partial charge is 0.378 e. The van der Waals surface area contributed by atoms with Gasteiger partial charge in [-0.2, -0.15) is 0 Å². The van der Waals surface area contributed by atoms with Crippen LogP contribution in [-0.4, -0.2) is 49.1 Å². The van der Waals surface area contributed by atoms with Crippen molar-refractivity contribution in [3.63, 3.8) is 0 Å². The van der Waals surface area contributed by atoms with Crippen LogP contribution in [0, 0.1) is 6.92 Å². The van der Waals surface area contributed by atoms with E-state index in [4.69, 9.17) is 4.74 Å². The van der Waals surface area contributed by atoms with Crippen molar-refractivity contribution < 1.29 is 14.3 Å². The molecule has 0 saturated carbocycles. The normalized spacial score (nSPS) is 15.0. The third kappa shape index (κ3) is 4.88. The van der Waals surface area contributed by atoms with Gasteiger partial charge in [0.2, 0.25) is 11.8 Å². The average molecular weight is 421 g/mol. The number of amides is 2. The number of para-hydroxylation sites is 1. The average Bonchev–Trinajstić information content (AvgIpc) is 3.18. The quantitative estimate of drug-likeness (QED) is 0.572. The maximum absolute atomic E-state index is 13.1. The summed E-state index contributed by atoms with van der Waals surface area (Å²) in [6.45, 7) is 6.58. The summed E-state index contributed by atoms with van der Waals surface area (Å²) in [5, 5.41) is 6.85. The predicted octanol–water partition coefficient (Wildman–Crippen LogP) is 3.00. The number of aromatic nitrogens is 1. The summed E-state index contributed by atoms with van der Waals surface area (Å²) >= 11 is 0. The highest BCUT2D eigenvalue weighted by Crippen LogP contribution is 2.24. The van der Waals surface area contributed by atoms with Crippen LogP contribution in [-0.2, 0) is 20.7 Å². The SMILES string of the molecule is CC(=O)NC(Cc1c[nH]c2ccccc12)C(=O)Nc1ccc(N2CCOCC2)cc1C. The van der Waals surface area contributed by atoms with Gasteiger partial charge in [0.25, 0.3) is 0 Å². The van der Waals surface area contributed by atoms with E-state index in [0.717, 1.165) is 59.7 Å². The fourth-order valence-corrected chi connectivity index (χ4v) is 4.00. The Morgan fingerprint density at radius 3 is 2.68 bits per heavy atom. The zero-order valence-electron chi connectivity index (χ0n) is 17.9. The number of hydrogen-bond acceptors (Lipinski definition) is 4. The molecule has 0 bridgehead atoms. The standard InChI is InChI=1S/C24H28N4O3/c1-16-13-19(28-9-11-31-12-10-28)7-8-21(16)27-24(30)23(26-17(2)29)14-18-15-25-22-6-4-3-5-20(18)22/h3-8,13,15,23,25H,9-12,14H2,1-2H3,(H,26,29)(H,27,30). The number of hydrogen-bond donors (Lipinski definition) is 3. The van der Waals surface area contributed by atoms with Gasteiger partial charge >= 0.3 is 0 Å². The molecule has 1 atom stereocenters. The minimum Gasteiger partial charge on any atom is -0.378 e. The zero-order chi connectivity index (χ0) is 21.8. The smallest absolute Gasteiger partial charge is 0.247 e. The Labute approximate surface area is 181 Å². The molecule has 7 heteroatoms. The number of ether oxygens (including phenoxy) is 1. The number of carbonyl (C=O) groups excluding carboxylic acids is 2. The Hall–Kier alpha value is -3.32. The van der Waals surface area contributed by atoms with Gasteiger partial charge in [-0.3, -0.25) is 9.59 Å². The monoisotopic (exact) mass is 420 g/mol. The van der Waals surface area contributed by atoms with Gasteiger partial charge in [-0.1, -0.05) is 18.2 Å². The molecule has 2 heterocycles. The number of carbonyl (C=O) groups is 2. The number of rotatable bonds is 6. The van der Waals surface area contributed by atoms with Gasteiger partial charge in [-0.05, 0) is 42.3 Å². The Morgan fingerprint density at radius 2 is 1.94 bits per heavy atom. The highest BCUT2D eigenvalue weighted by molar-refractivity contribution is 5.98. The van der Waals surface area contributed by atoms with E-state index in [2.05, 4.69) is 26.6 Å². The van der Waals surface area contributed by atoms with Crippen molar-refractivity contribution in [3.8, 4) is 0 Å². The van der Waals surface area contributed by atoms with E-state index >= 15 is 0 Å². The number of benzene rings is 2. The fourth-order valence-electron chi connectivity index (χ4n) is 4.00. The van der Waals surface area contributed by atoms with Crippen LogP contribution in [0.5, 0.6) is 0 Å². The van der Waals surface area contributed by atoms with Crippen molar-refractivity contribution >= 4 is 34.1 Å². The van der Waals surface area contributed by atoms with E-state index in [1.54, 1.807) is 0 Å². The lowest BCUT2D eigenvalue weighted by Crippen LogP contribution is -2.44. The third-order valence-corrected chi connectivity index (χ3v) is 5.64. The molecule has 2 amide bonds. The minimum atomic E-state index is -0.671. The number of fused-ring (bicyclic) bond motifs is 1. The summed E-state index contributed by atoms with van der Waals surface area (Å²) in [6, 6.07) is 13.3. The van der Waals surface area contributed by atoms with E-state index in [1.165, 1.54) is 6.92 Å². The molecule has 1 fully saturated rings. The predicted molar refractivity (Wildman–Crippen MR) is 122 cm³/mol. The van der Waals surface area contributed by atoms with Crippen LogP contribution in [0.1, 0.15) is 18.1 Å². The van der Waals surface area contributed by atoms with E-state index in [-0.39, 0.29) is 11.8 Å². The number of morpholine rings is 1. The molecule has 1 unspecified atom stereocenters. The van der Waals surface area contributed by atoms with Crippen molar-refractivity contribution in [2.45, 2.75) is 26.3 Å². The first kappa shape index (κ1) is 20.9. The molecule has 3 aromatic rings. The molecule has 7 nitrogen and oxygen atoms in total. The third-order valence-electron chi connectivity index (χ3n) is 5.64. The topological polar surface area (TPSA) is 86.5 Å². The number of anilines is 2. The molecule has 31 heavy (non-hydrogen) atoms. The fraction of sp³-hybridized carbons (Fsp3) is 0.333. The Balaban J connectivity index is 1.50. The molecule has 162 valence electrons. The van der Waals surface area contributed by atoms with Crippen LogP contribution in [0.3, 0.4) is 0 Å². The number of aromatic amines is 1. The van der Waals surface area contributed by atoms with Crippen LogP contribution in [0.15, 0.2) is 48.7 Å². The van der Waals surface area contributed by atoms with Gasteiger partial charge in [-0.15, -0.1) is 0 Å². The molecule has 1 aromatic heterocycles. The van der Waals surface area contributed by atoms with Gasteiger partial charge in [0.05, 0.1) is 13.2 Å². The number of aryl methyl sites for hydroxylation is 1. The first-order chi connectivity index (χ1) is 15.0. The lowest BCUT2D eigenvalue weighted by atomic mass is 10.0. The Morgan fingerprint density at radius 1 is 1.16 bits per heavy atom. The molecule has 0 spiro atoms. The van der Waals surface area contributed by atoms with Crippen LogP contribution < -0.4 is 15.5 Å². The zero-order valence-corrected chi connectivity index (χ0v) is 17.9. The molecule has 1 aliphatic rings. The lowest BCUT2D eigenvalue weighted by Gasteiger charge is -2.29. The van der Waals surface area contributed by atoms with E-state index in [1.807, 2.05) is 49.5 Å². The summed E-state index contributed by atoms with van der Waals surface area (Å²) in [5.41, 5.74) is 4.84. The summed E-state index contributed by atoms with van der Waals surface area (Å²) in [5.74, 6) is -0.470. The Kier molecular flexibility index (Phi) is 6.23. The van der Waals surface area contributed by atoms with Crippen LogP contribution in [0.25, 0.3) is 10.9 Å². The van der Waals surface area contributed by atoms with Crippen molar-refractivity contribution in [2.75, 3.05) is 36.5 Å². The van der Waals surface area contributed by atoms with Crippen LogP contribution >= 0.6 is 0 Å². The summed E-state index contributed by atoms with van der Waals surface area (Å²) in [6.07, 6.45) is 2.30. The molecule has 1 aliphatic heterocycles. The maximum atomic E-state index is 13.1. The second-order valence-corrected chi connectivity index (χ2v) is 7.90. The maximum Gasteiger partial charge on any atom is 0.247 e. The molecular formula is C24H28N4O3. The molecule has 2 aromatic carbocycles. The van der Waals surface area contributed by atoms with Crippen molar-refractivity contribution in [1.29, 1.82) is 0 Å². The van der Waals surface area contributed by atoms with Gasteiger partial charge in [0, 0.05) is 54.9 Å². The molecule has 0 radical (unpaired) electrons. The first-order valence-corrected chi connectivity index (χ1v) is 10.6. The van der Waals surface area contributed by atoms with Gasteiger partial charge in [-0.25, -0.2) is 0 Å². The summed E-state index contributed by atoms with van der Waals surface area (Å²) in [4.78, 5) is 30.4. The van der Waals surface area contributed by atoms with E-state index in [9.17, 15) is 9.59 Å². The summed E-state index contributed by atoms with van der Waals surface area (Å²) in [7, 11) is 0. The van der Waals surface area contributed by atoms with Crippen molar-refractivity contribution in [1.82, 2.24) is 10.3 Å². The molecular weight excluding hydrogens is 392 g/mol. The molecule has 0 aliphatic carbocycles. The highest BCUT2D eigenvalue weighted by Gasteiger charge is 2.22. The Bertz CT molecular complexity index is 1090. The van der Waals surface area contributed by atoms with Gasteiger partial charge < -0.3 is 25.3 Å². The second-order valence-electron chi connectivity index (χ2n) is 7.90. The minimum absolute atomic E-state index is 0.234. The molecule has 3 N–H and O–H groups in total. The number of nitrogens with one attached hydrogen (secondary N) is 3. The van der Waals surface area contributed by atoms with Crippen molar-refractivity contribution in [2.24, 2.45) is 0 Å².